The molecule has 2 rings (SSSR count). The van der Waals surface area contributed by atoms with Crippen LogP contribution in [0.2, 0.25) is 5.02 Å². The average Bonchev–Trinajstić information content (AvgIpc) is 2.52. The van der Waals surface area contributed by atoms with E-state index in [1.165, 1.54) is 18.2 Å². The molecule has 0 radical (unpaired) electrons. The molecule has 0 aliphatic carbocycles. The highest BCUT2D eigenvalue weighted by Gasteiger charge is 2.47. The van der Waals surface area contributed by atoms with Crippen molar-refractivity contribution in [2.24, 2.45) is 5.41 Å². The first-order valence-corrected chi connectivity index (χ1v) is 6.42. The minimum absolute atomic E-state index is 0.151. The van der Waals surface area contributed by atoms with Gasteiger partial charge in [-0.05, 0) is 23.6 Å². The fourth-order valence-corrected chi connectivity index (χ4v) is 2.53. The first-order valence-electron chi connectivity index (χ1n) is 6.05. The molecule has 1 aliphatic rings. The number of hydrogen-bond donors (Lipinski definition) is 1. The number of halogens is 1. The lowest BCUT2D eigenvalue weighted by atomic mass is 9.85. The number of aliphatic carboxylic acids is 1. The minimum atomic E-state index is -1.15. The molecule has 0 fully saturated rings. The Labute approximate surface area is 121 Å². The van der Waals surface area contributed by atoms with Gasteiger partial charge in [-0.25, -0.2) is 4.79 Å². The van der Waals surface area contributed by atoms with E-state index in [2.05, 4.69) is 0 Å². The standard InChI is InChI=1S/C14H14ClNO4/c1-14(2,3)11(13(19)20)16-9-5-4-7(15)6-8(9)10(17)12(16)18/h4-6,11H,1-3H3,(H,19,20). The second-order valence-electron chi connectivity index (χ2n) is 5.77. The normalized spacial score (nSPS) is 16.3. The molecule has 0 saturated carbocycles. The molecule has 1 aliphatic heterocycles. The third kappa shape index (κ3) is 2.18. The summed E-state index contributed by atoms with van der Waals surface area (Å²) in [6.07, 6.45) is 0. The Morgan fingerprint density at radius 3 is 2.40 bits per heavy atom. The smallest absolute Gasteiger partial charge is 0.327 e. The van der Waals surface area contributed by atoms with Gasteiger partial charge in [0.1, 0.15) is 6.04 Å². The largest absolute Gasteiger partial charge is 0.480 e. The second-order valence-corrected chi connectivity index (χ2v) is 6.21. The third-order valence-corrected chi connectivity index (χ3v) is 3.42. The number of carboxylic acids is 1. The minimum Gasteiger partial charge on any atom is -0.480 e. The number of anilines is 1. The summed E-state index contributed by atoms with van der Waals surface area (Å²) < 4.78 is 0. The Bertz CT molecular complexity index is 618. The zero-order valence-corrected chi connectivity index (χ0v) is 12.1. The summed E-state index contributed by atoms with van der Waals surface area (Å²) in [4.78, 5) is 36.7. The lowest BCUT2D eigenvalue weighted by Gasteiger charge is -2.34. The Morgan fingerprint density at radius 1 is 1.30 bits per heavy atom. The van der Waals surface area contributed by atoms with Crippen LogP contribution in [0.5, 0.6) is 0 Å². The van der Waals surface area contributed by atoms with E-state index in [9.17, 15) is 19.5 Å². The van der Waals surface area contributed by atoms with Crippen molar-refractivity contribution in [3.63, 3.8) is 0 Å². The van der Waals surface area contributed by atoms with Crippen molar-refractivity contribution in [2.45, 2.75) is 26.8 Å². The van der Waals surface area contributed by atoms with Gasteiger partial charge in [0, 0.05) is 5.02 Å². The van der Waals surface area contributed by atoms with E-state index in [-0.39, 0.29) is 5.56 Å². The number of carboxylic acid groups (broad SMARTS) is 1. The summed E-state index contributed by atoms with van der Waals surface area (Å²) in [6, 6.07) is 3.29. The predicted octanol–water partition coefficient (Wildman–Crippen LogP) is 2.37. The van der Waals surface area contributed by atoms with Crippen molar-refractivity contribution in [3.05, 3.63) is 28.8 Å². The molecule has 1 atom stereocenters. The van der Waals surface area contributed by atoms with E-state index >= 15 is 0 Å². The van der Waals surface area contributed by atoms with E-state index in [1.807, 2.05) is 0 Å². The van der Waals surface area contributed by atoms with E-state index < -0.39 is 29.1 Å². The van der Waals surface area contributed by atoms with Gasteiger partial charge in [0.15, 0.2) is 0 Å². The highest BCUT2D eigenvalue weighted by molar-refractivity contribution is 6.53. The quantitative estimate of drug-likeness (QED) is 0.850. The van der Waals surface area contributed by atoms with Crippen LogP contribution in [-0.4, -0.2) is 28.8 Å². The number of rotatable bonds is 2. The molecule has 5 nitrogen and oxygen atoms in total. The molecule has 1 heterocycles. The maximum atomic E-state index is 12.1. The fourth-order valence-electron chi connectivity index (χ4n) is 2.36. The highest BCUT2D eigenvalue weighted by Crippen LogP contribution is 2.37. The third-order valence-electron chi connectivity index (χ3n) is 3.19. The Kier molecular flexibility index (Phi) is 3.34. The van der Waals surface area contributed by atoms with Crippen LogP contribution < -0.4 is 4.90 Å². The molecule has 0 saturated heterocycles. The van der Waals surface area contributed by atoms with Gasteiger partial charge in [-0.1, -0.05) is 32.4 Å². The summed E-state index contributed by atoms with van der Waals surface area (Å²) in [5, 5.41) is 9.75. The highest BCUT2D eigenvalue weighted by atomic mass is 35.5. The number of benzene rings is 1. The Morgan fingerprint density at radius 2 is 1.90 bits per heavy atom. The molecule has 0 bridgehead atoms. The molecule has 1 amide bonds. The number of amides is 1. The molecule has 106 valence electrons. The van der Waals surface area contributed by atoms with Crippen LogP contribution in [0.3, 0.4) is 0 Å². The SMILES string of the molecule is CC(C)(C)C(C(=O)O)N1C(=O)C(=O)c2cc(Cl)ccc21. The first-order chi connectivity index (χ1) is 9.14. The summed E-state index contributed by atoms with van der Waals surface area (Å²) >= 11 is 5.82. The van der Waals surface area contributed by atoms with Gasteiger partial charge < -0.3 is 5.11 Å². The second kappa shape index (κ2) is 4.59. The number of Topliss-reactive ketones (excluding diaryl/α,β-unsaturated/α-hetero) is 1. The van der Waals surface area contributed by atoms with Crippen LogP contribution in [0.15, 0.2) is 18.2 Å². The van der Waals surface area contributed by atoms with Crippen LogP contribution in [0.1, 0.15) is 31.1 Å². The monoisotopic (exact) mass is 295 g/mol. The van der Waals surface area contributed by atoms with Crippen molar-refractivity contribution in [1.29, 1.82) is 0 Å². The fraction of sp³-hybridized carbons (Fsp3) is 0.357. The molecular weight excluding hydrogens is 282 g/mol. The number of carbonyl (C=O) groups excluding carboxylic acids is 2. The number of fused-ring (bicyclic) bond motifs is 1. The maximum absolute atomic E-state index is 12.1. The summed E-state index contributed by atoms with van der Waals surface area (Å²) in [5.41, 5.74) is -0.270. The number of carbonyl (C=O) groups is 3. The van der Waals surface area contributed by atoms with Crippen LogP contribution in [0, 0.1) is 5.41 Å². The Hall–Kier alpha value is -1.88. The molecular formula is C14H14ClNO4. The zero-order chi connectivity index (χ0) is 15.2. The molecule has 1 unspecified atom stereocenters. The van der Waals surface area contributed by atoms with Crippen LogP contribution in [-0.2, 0) is 9.59 Å². The lowest BCUT2D eigenvalue weighted by Crippen LogP contribution is -2.51. The average molecular weight is 296 g/mol. The van der Waals surface area contributed by atoms with Crippen molar-refractivity contribution >= 4 is 34.9 Å². The van der Waals surface area contributed by atoms with Crippen molar-refractivity contribution < 1.29 is 19.5 Å². The first kappa shape index (κ1) is 14.5. The lowest BCUT2D eigenvalue weighted by molar-refractivity contribution is -0.142. The van der Waals surface area contributed by atoms with Gasteiger partial charge in [-0.2, -0.15) is 0 Å². The van der Waals surface area contributed by atoms with Gasteiger partial charge in [-0.3, -0.25) is 14.5 Å². The van der Waals surface area contributed by atoms with E-state index in [4.69, 9.17) is 11.6 Å². The van der Waals surface area contributed by atoms with Crippen molar-refractivity contribution in [3.8, 4) is 0 Å². The molecule has 0 aromatic heterocycles. The number of ketones is 1. The zero-order valence-electron chi connectivity index (χ0n) is 11.3. The van der Waals surface area contributed by atoms with Crippen molar-refractivity contribution in [1.82, 2.24) is 0 Å². The molecule has 1 aromatic carbocycles. The number of hydrogen-bond acceptors (Lipinski definition) is 3. The molecule has 20 heavy (non-hydrogen) atoms. The van der Waals surface area contributed by atoms with Gasteiger partial charge in [0.25, 0.3) is 11.7 Å². The van der Waals surface area contributed by atoms with Crippen LogP contribution >= 0.6 is 11.6 Å². The van der Waals surface area contributed by atoms with E-state index in [0.717, 1.165) is 4.90 Å². The summed E-state index contributed by atoms with van der Waals surface area (Å²) in [5.74, 6) is -2.70. The van der Waals surface area contributed by atoms with Gasteiger partial charge in [-0.15, -0.1) is 0 Å². The van der Waals surface area contributed by atoms with Gasteiger partial charge in [0.2, 0.25) is 0 Å². The van der Waals surface area contributed by atoms with Crippen LogP contribution in [0.25, 0.3) is 0 Å². The Balaban J connectivity index is 2.62. The predicted molar refractivity (Wildman–Crippen MR) is 74.1 cm³/mol. The molecule has 1 aromatic rings. The topological polar surface area (TPSA) is 74.7 Å². The van der Waals surface area contributed by atoms with Crippen molar-refractivity contribution in [2.75, 3.05) is 4.90 Å². The van der Waals surface area contributed by atoms with Gasteiger partial charge >= 0.3 is 5.97 Å². The maximum Gasteiger partial charge on any atom is 0.327 e. The summed E-state index contributed by atoms with van der Waals surface area (Å²) in [7, 11) is 0. The van der Waals surface area contributed by atoms with Crippen LogP contribution in [0.4, 0.5) is 5.69 Å². The molecule has 6 heteroatoms. The molecule has 0 spiro atoms. The van der Waals surface area contributed by atoms with Gasteiger partial charge in [0.05, 0.1) is 11.3 Å². The summed E-state index contributed by atoms with van der Waals surface area (Å²) in [6.45, 7) is 5.12. The van der Waals surface area contributed by atoms with E-state index in [1.54, 1.807) is 20.8 Å². The van der Waals surface area contributed by atoms with E-state index in [0.29, 0.717) is 10.7 Å². The molecule has 1 N–H and O–H groups in total. The number of nitrogens with zero attached hydrogens (tertiary/aromatic N) is 1.